The molecule has 0 amide bonds. The predicted octanol–water partition coefficient (Wildman–Crippen LogP) is 4.04. The Labute approximate surface area is 188 Å². The van der Waals surface area contributed by atoms with Gasteiger partial charge in [0.2, 0.25) is 0 Å². The number of carboxylic acid groups (broad SMARTS) is 2. The Morgan fingerprint density at radius 1 is 0.818 bits per heavy atom. The molecule has 8 heteroatoms. The SMILES string of the molecule is Cc1[nH]n(-c2ccccc2)c(=O)c1C(=Nc1cc(C(=O)O)cc(C(=O)O)c1)c1ccccc1. The average molecular weight is 441 g/mol. The number of hydrogen-bond donors (Lipinski definition) is 3. The number of para-hydroxylation sites is 1. The molecule has 3 aromatic carbocycles. The van der Waals surface area contributed by atoms with Crippen molar-refractivity contribution in [2.75, 3.05) is 0 Å². The van der Waals surface area contributed by atoms with Crippen LogP contribution >= 0.6 is 0 Å². The van der Waals surface area contributed by atoms with Crippen LogP contribution in [-0.2, 0) is 0 Å². The van der Waals surface area contributed by atoms with Gasteiger partial charge in [-0.25, -0.2) is 19.3 Å². The molecule has 164 valence electrons. The van der Waals surface area contributed by atoms with Gasteiger partial charge in [0, 0.05) is 11.3 Å². The third-order valence-corrected chi connectivity index (χ3v) is 5.02. The van der Waals surface area contributed by atoms with E-state index in [2.05, 4.69) is 10.1 Å². The zero-order chi connectivity index (χ0) is 23.5. The summed E-state index contributed by atoms with van der Waals surface area (Å²) in [5, 5.41) is 21.9. The van der Waals surface area contributed by atoms with Crippen LogP contribution in [0.2, 0.25) is 0 Å². The van der Waals surface area contributed by atoms with Crippen LogP contribution in [0, 0.1) is 6.92 Å². The molecule has 33 heavy (non-hydrogen) atoms. The summed E-state index contributed by atoms with van der Waals surface area (Å²) in [7, 11) is 0. The van der Waals surface area contributed by atoms with Crippen LogP contribution in [-0.4, -0.2) is 37.6 Å². The molecule has 1 aromatic heterocycles. The molecule has 4 aromatic rings. The summed E-state index contributed by atoms with van der Waals surface area (Å²) in [5.74, 6) is -2.56. The molecule has 0 radical (unpaired) electrons. The summed E-state index contributed by atoms with van der Waals surface area (Å²) in [6.07, 6.45) is 0. The molecule has 0 aliphatic heterocycles. The highest BCUT2D eigenvalue weighted by Gasteiger charge is 2.20. The number of nitrogens with one attached hydrogen (secondary N) is 1. The molecule has 1 heterocycles. The molecule has 0 saturated heterocycles. The van der Waals surface area contributed by atoms with Crippen molar-refractivity contribution in [1.29, 1.82) is 0 Å². The van der Waals surface area contributed by atoms with E-state index in [9.17, 15) is 24.6 Å². The molecule has 0 atom stereocenters. The second kappa shape index (κ2) is 8.80. The summed E-state index contributed by atoms with van der Waals surface area (Å²) in [6.45, 7) is 1.74. The standard InChI is InChI=1S/C25H19N3O5/c1-15-21(23(29)28(27-15)20-10-6-3-7-11-20)22(16-8-4-2-5-9-16)26-19-13-17(24(30)31)12-18(14-19)25(32)33/h2-14,27H,1H3,(H,30,31)(H,32,33). The summed E-state index contributed by atoms with van der Waals surface area (Å²) in [4.78, 5) is 41.0. The van der Waals surface area contributed by atoms with Gasteiger partial charge in [-0.3, -0.25) is 9.89 Å². The van der Waals surface area contributed by atoms with Gasteiger partial charge >= 0.3 is 11.9 Å². The third kappa shape index (κ3) is 4.35. The monoisotopic (exact) mass is 441 g/mol. The first-order valence-corrected chi connectivity index (χ1v) is 9.98. The topological polar surface area (TPSA) is 125 Å². The Morgan fingerprint density at radius 2 is 1.36 bits per heavy atom. The van der Waals surface area contributed by atoms with Gasteiger partial charge in [0.25, 0.3) is 5.56 Å². The molecule has 0 unspecified atom stereocenters. The average Bonchev–Trinajstić information content (AvgIpc) is 3.12. The van der Waals surface area contributed by atoms with Gasteiger partial charge in [0.05, 0.1) is 33.8 Å². The minimum atomic E-state index is -1.28. The minimum Gasteiger partial charge on any atom is -0.478 e. The van der Waals surface area contributed by atoms with Gasteiger partial charge < -0.3 is 10.2 Å². The number of aromatic amines is 1. The van der Waals surface area contributed by atoms with E-state index in [0.717, 1.165) is 6.07 Å². The summed E-state index contributed by atoms with van der Waals surface area (Å²) < 4.78 is 1.40. The van der Waals surface area contributed by atoms with Crippen LogP contribution < -0.4 is 5.56 Å². The Bertz CT molecular complexity index is 1400. The second-order valence-electron chi connectivity index (χ2n) is 7.29. The van der Waals surface area contributed by atoms with Crippen molar-refractivity contribution in [2.24, 2.45) is 4.99 Å². The summed E-state index contributed by atoms with van der Waals surface area (Å²) in [6, 6.07) is 21.6. The van der Waals surface area contributed by atoms with E-state index in [0.29, 0.717) is 28.2 Å². The number of aryl methyl sites for hydroxylation is 1. The minimum absolute atomic E-state index is 0.109. The molecule has 0 saturated carbocycles. The Hall–Kier alpha value is -4.72. The van der Waals surface area contributed by atoms with Crippen LogP contribution in [0.15, 0.2) is 88.6 Å². The normalized spacial score (nSPS) is 11.4. The molecule has 0 bridgehead atoms. The molecule has 0 aliphatic carbocycles. The zero-order valence-corrected chi connectivity index (χ0v) is 17.5. The number of aromatic carboxylic acids is 2. The lowest BCUT2D eigenvalue weighted by Crippen LogP contribution is -2.21. The lowest BCUT2D eigenvalue weighted by atomic mass is 10.0. The highest BCUT2D eigenvalue weighted by Crippen LogP contribution is 2.22. The number of rotatable bonds is 6. The molecule has 0 aliphatic rings. The number of carbonyl (C=O) groups is 2. The van der Waals surface area contributed by atoms with Crippen LogP contribution in [0.4, 0.5) is 5.69 Å². The van der Waals surface area contributed by atoms with Crippen molar-refractivity contribution in [3.05, 3.63) is 117 Å². The van der Waals surface area contributed by atoms with Crippen LogP contribution in [0.5, 0.6) is 0 Å². The van der Waals surface area contributed by atoms with Gasteiger partial charge in [-0.05, 0) is 37.3 Å². The third-order valence-electron chi connectivity index (χ3n) is 5.02. The van der Waals surface area contributed by atoms with E-state index in [-0.39, 0.29) is 22.4 Å². The Kier molecular flexibility index (Phi) is 5.73. The van der Waals surface area contributed by atoms with E-state index in [1.807, 2.05) is 24.3 Å². The Balaban J connectivity index is 1.97. The molecule has 0 spiro atoms. The molecular weight excluding hydrogens is 422 g/mol. The van der Waals surface area contributed by atoms with E-state index < -0.39 is 11.9 Å². The smallest absolute Gasteiger partial charge is 0.335 e. The van der Waals surface area contributed by atoms with Gasteiger partial charge in [-0.15, -0.1) is 0 Å². The van der Waals surface area contributed by atoms with E-state index in [4.69, 9.17) is 0 Å². The molecule has 4 rings (SSSR count). The largest absolute Gasteiger partial charge is 0.478 e. The van der Waals surface area contributed by atoms with E-state index >= 15 is 0 Å². The summed E-state index contributed by atoms with van der Waals surface area (Å²) in [5.41, 5.74) is 1.75. The second-order valence-corrected chi connectivity index (χ2v) is 7.29. The van der Waals surface area contributed by atoms with Gasteiger partial charge in [-0.2, -0.15) is 0 Å². The van der Waals surface area contributed by atoms with Gasteiger partial charge in [0.1, 0.15) is 0 Å². The first-order chi connectivity index (χ1) is 15.8. The fraction of sp³-hybridized carbons (Fsp3) is 0.0400. The maximum absolute atomic E-state index is 13.4. The van der Waals surface area contributed by atoms with Crippen LogP contribution in [0.3, 0.4) is 0 Å². The quantitative estimate of drug-likeness (QED) is 0.390. The van der Waals surface area contributed by atoms with Crippen LogP contribution in [0.25, 0.3) is 5.69 Å². The fourth-order valence-electron chi connectivity index (χ4n) is 3.50. The van der Waals surface area contributed by atoms with Crippen molar-refractivity contribution in [3.8, 4) is 5.69 Å². The molecular formula is C25H19N3O5. The van der Waals surface area contributed by atoms with Crippen molar-refractivity contribution in [1.82, 2.24) is 9.78 Å². The van der Waals surface area contributed by atoms with Crippen LogP contribution in [0.1, 0.15) is 37.5 Å². The van der Waals surface area contributed by atoms with E-state index in [1.54, 1.807) is 43.3 Å². The van der Waals surface area contributed by atoms with E-state index in [1.165, 1.54) is 16.8 Å². The maximum atomic E-state index is 13.4. The number of hydrogen-bond acceptors (Lipinski definition) is 4. The first kappa shape index (κ1) is 21.5. The number of nitrogens with zero attached hydrogens (tertiary/aromatic N) is 2. The first-order valence-electron chi connectivity index (χ1n) is 9.98. The number of carboxylic acids is 2. The van der Waals surface area contributed by atoms with Crippen molar-refractivity contribution in [3.63, 3.8) is 0 Å². The number of aromatic nitrogens is 2. The molecule has 0 fully saturated rings. The zero-order valence-electron chi connectivity index (χ0n) is 17.5. The number of aliphatic imine (C=N–C) groups is 1. The molecule has 3 N–H and O–H groups in total. The number of benzene rings is 3. The van der Waals surface area contributed by atoms with Gasteiger partial charge in [-0.1, -0.05) is 48.5 Å². The lowest BCUT2D eigenvalue weighted by molar-refractivity contribution is 0.0696. The van der Waals surface area contributed by atoms with Crippen molar-refractivity contribution >= 4 is 23.3 Å². The Morgan fingerprint density at radius 3 is 1.91 bits per heavy atom. The van der Waals surface area contributed by atoms with Crippen molar-refractivity contribution in [2.45, 2.75) is 6.92 Å². The maximum Gasteiger partial charge on any atom is 0.335 e. The fourth-order valence-corrected chi connectivity index (χ4v) is 3.50. The highest BCUT2D eigenvalue weighted by molar-refractivity contribution is 6.14. The van der Waals surface area contributed by atoms with Crippen molar-refractivity contribution < 1.29 is 19.8 Å². The highest BCUT2D eigenvalue weighted by atomic mass is 16.4. The number of H-pyrrole nitrogens is 1. The predicted molar refractivity (Wildman–Crippen MR) is 123 cm³/mol. The summed E-state index contributed by atoms with van der Waals surface area (Å²) >= 11 is 0. The molecule has 8 nitrogen and oxygen atoms in total. The lowest BCUT2D eigenvalue weighted by Gasteiger charge is -2.07. The van der Waals surface area contributed by atoms with Gasteiger partial charge in [0.15, 0.2) is 0 Å².